The number of aliphatic hydroxyl groups excluding tert-OH is 1. The van der Waals surface area contributed by atoms with Gasteiger partial charge in [-0.3, -0.25) is 0 Å². The van der Waals surface area contributed by atoms with Gasteiger partial charge >= 0.3 is 6.29 Å². The van der Waals surface area contributed by atoms with Crippen molar-refractivity contribution < 1.29 is 40.6 Å². The highest BCUT2D eigenvalue weighted by Crippen LogP contribution is 2.46. The number of sulfone groups is 1. The molecule has 0 bridgehead atoms. The van der Waals surface area contributed by atoms with Crippen molar-refractivity contribution in [1.29, 1.82) is 0 Å². The maximum absolute atomic E-state index is 15.2. The molecular formula is C32H28F3N3O6S. The molecule has 0 saturated heterocycles. The molecule has 0 aliphatic carbocycles. The van der Waals surface area contributed by atoms with Gasteiger partial charge in [-0.05, 0) is 67.4 Å². The standard InChI is InChI=1S/C32H28F3N3O6S/c1-16(2)31-37-29(30(42-31)20-7-9-26-27(12-20)44-32(34,35)43-26)22-10-19(6-8-25(22)38-14-17(3)36-18(38)4)21-11-24(33)23(15-39)28(13-21)45(5,40)41/h6-14,16,39H,15H2,1-5H3. The van der Waals surface area contributed by atoms with Crippen molar-refractivity contribution >= 4 is 9.84 Å². The molecule has 45 heavy (non-hydrogen) atoms. The lowest BCUT2D eigenvalue weighted by atomic mass is 9.97. The van der Waals surface area contributed by atoms with Crippen LogP contribution < -0.4 is 9.47 Å². The molecule has 3 aromatic carbocycles. The maximum Gasteiger partial charge on any atom is 0.586 e. The average molecular weight is 640 g/mol. The van der Waals surface area contributed by atoms with E-state index in [1.54, 1.807) is 24.3 Å². The fourth-order valence-electron chi connectivity index (χ4n) is 5.29. The van der Waals surface area contributed by atoms with Gasteiger partial charge in [0.2, 0.25) is 0 Å². The van der Waals surface area contributed by atoms with Crippen molar-refractivity contribution in [3.8, 4) is 50.9 Å². The number of halogens is 3. The lowest BCUT2D eigenvalue weighted by molar-refractivity contribution is -0.286. The number of hydrogen-bond donors (Lipinski definition) is 1. The number of nitrogens with zero attached hydrogens (tertiary/aromatic N) is 3. The molecule has 6 rings (SSSR count). The molecular weight excluding hydrogens is 611 g/mol. The Labute approximate surface area is 256 Å². The average Bonchev–Trinajstić information content (AvgIpc) is 3.64. The van der Waals surface area contributed by atoms with E-state index >= 15 is 4.39 Å². The van der Waals surface area contributed by atoms with Gasteiger partial charge in [-0.25, -0.2) is 22.8 Å². The largest absolute Gasteiger partial charge is 0.586 e. The predicted octanol–water partition coefficient (Wildman–Crippen LogP) is 6.96. The number of hydrogen-bond acceptors (Lipinski definition) is 8. The molecule has 2 aromatic heterocycles. The van der Waals surface area contributed by atoms with E-state index in [0.717, 1.165) is 18.0 Å². The number of imidazole rings is 1. The number of benzene rings is 3. The normalized spacial score (nSPS) is 14.0. The molecule has 1 aliphatic heterocycles. The first-order valence-corrected chi connectivity index (χ1v) is 15.8. The Morgan fingerprint density at radius 1 is 0.956 bits per heavy atom. The van der Waals surface area contributed by atoms with Crippen LogP contribution in [0.25, 0.3) is 39.4 Å². The highest BCUT2D eigenvalue weighted by Gasteiger charge is 2.43. The molecule has 13 heteroatoms. The van der Waals surface area contributed by atoms with Crippen LogP contribution in [0.1, 0.15) is 42.7 Å². The second-order valence-corrected chi connectivity index (χ2v) is 13.1. The molecule has 1 N–H and O–H groups in total. The Balaban J connectivity index is 1.61. The van der Waals surface area contributed by atoms with Gasteiger partial charge in [0.1, 0.15) is 17.3 Å². The quantitative estimate of drug-likeness (QED) is 0.203. The van der Waals surface area contributed by atoms with Crippen molar-refractivity contribution in [2.45, 2.75) is 51.4 Å². The maximum atomic E-state index is 15.2. The molecule has 0 fully saturated rings. The summed E-state index contributed by atoms with van der Waals surface area (Å²) in [4.78, 5) is 9.00. The Bertz CT molecular complexity index is 2090. The number of ether oxygens (including phenoxy) is 2. The molecule has 234 valence electrons. The summed E-state index contributed by atoms with van der Waals surface area (Å²) in [7, 11) is -3.89. The van der Waals surface area contributed by atoms with E-state index in [0.29, 0.717) is 39.8 Å². The summed E-state index contributed by atoms with van der Waals surface area (Å²) >= 11 is 0. The van der Waals surface area contributed by atoms with Crippen LogP contribution in [0.4, 0.5) is 13.2 Å². The van der Waals surface area contributed by atoms with Gasteiger partial charge in [-0.15, -0.1) is 8.78 Å². The van der Waals surface area contributed by atoms with Crippen LogP contribution in [0.3, 0.4) is 0 Å². The number of aromatic nitrogens is 3. The summed E-state index contributed by atoms with van der Waals surface area (Å²) in [6.45, 7) is 6.65. The Kier molecular flexibility index (Phi) is 7.28. The van der Waals surface area contributed by atoms with Crippen LogP contribution in [0.15, 0.2) is 64.0 Å². The van der Waals surface area contributed by atoms with Crippen LogP contribution in [0, 0.1) is 19.7 Å². The van der Waals surface area contributed by atoms with Crippen molar-refractivity contribution in [2.75, 3.05) is 6.26 Å². The Morgan fingerprint density at radius 2 is 1.67 bits per heavy atom. The van der Waals surface area contributed by atoms with Gasteiger partial charge in [0.05, 0.1) is 22.9 Å². The SMILES string of the molecule is Cc1cn(-c2ccc(-c3cc(F)c(CO)c(S(C)(=O)=O)c3)cc2-c2nc(C(C)C)oc2-c2ccc3c(c2)OC(F)(F)O3)c(C)n1. The van der Waals surface area contributed by atoms with Gasteiger partial charge in [-0.1, -0.05) is 19.9 Å². The van der Waals surface area contributed by atoms with E-state index in [-0.39, 0.29) is 39.2 Å². The van der Waals surface area contributed by atoms with Crippen LogP contribution in [-0.4, -0.2) is 40.6 Å². The molecule has 0 amide bonds. The molecule has 0 saturated carbocycles. The molecule has 1 aliphatic rings. The third kappa shape index (κ3) is 5.57. The van der Waals surface area contributed by atoms with E-state index in [2.05, 4.69) is 14.5 Å². The third-order valence-electron chi connectivity index (χ3n) is 7.36. The van der Waals surface area contributed by atoms with Crippen molar-refractivity contribution in [2.24, 2.45) is 0 Å². The summed E-state index contributed by atoms with van der Waals surface area (Å²) in [5, 5.41) is 9.69. The van der Waals surface area contributed by atoms with Crippen molar-refractivity contribution in [3.63, 3.8) is 0 Å². The summed E-state index contributed by atoms with van der Waals surface area (Å²) in [6, 6.07) is 12.0. The zero-order valence-corrected chi connectivity index (χ0v) is 25.7. The second-order valence-electron chi connectivity index (χ2n) is 11.1. The van der Waals surface area contributed by atoms with E-state index in [9.17, 15) is 22.3 Å². The zero-order chi connectivity index (χ0) is 32.4. The van der Waals surface area contributed by atoms with E-state index < -0.39 is 28.6 Å². The summed E-state index contributed by atoms with van der Waals surface area (Å²) in [5.41, 5.74) is 3.00. The Morgan fingerprint density at radius 3 is 2.31 bits per heavy atom. The van der Waals surface area contributed by atoms with Crippen LogP contribution in [0.5, 0.6) is 11.5 Å². The van der Waals surface area contributed by atoms with Crippen molar-refractivity contribution in [1.82, 2.24) is 14.5 Å². The van der Waals surface area contributed by atoms with Gasteiger partial charge in [0, 0.05) is 35.1 Å². The van der Waals surface area contributed by atoms with Gasteiger partial charge in [0.25, 0.3) is 0 Å². The van der Waals surface area contributed by atoms with E-state index in [4.69, 9.17) is 9.40 Å². The minimum atomic E-state index is -3.89. The van der Waals surface area contributed by atoms with Crippen LogP contribution >= 0.6 is 0 Å². The molecule has 5 aromatic rings. The molecule has 0 atom stereocenters. The van der Waals surface area contributed by atoms with E-state index in [1.807, 2.05) is 38.5 Å². The first-order chi connectivity index (χ1) is 21.1. The lowest BCUT2D eigenvalue weighted by Crippen LogP contribution is -2.25. The fraction of sp³-hybridized carbons (Fsp3) is 0.250. The number of aliphatic hydroxyl groups is 1. The predicted molar refractivity (Wildman–Crippen MR) is 159 cm³/mol. The highest BCUT2D eigenvalue weighted by atomic mass is 32.2. The van der Waals surface area contributed by atoms with Gasteiger partial charge < -0.3 is 23.6 Å². The lowest BCUT2D eigenvalue weighted by Gasteiger charge is -2.15. The zero-order valence-electron chi connectivity index (χ0n) is 24.9. The number of alkyl halides is 2. The van der Waals surface area contributed by atoms with Gasteiger partial charge in [0.15, 0.2) is 33.0 Å². The highest BCUT2D eigenvalue weighted by molar-refractivity contribution is 7.90. The van der Waals surface area contributed by atoms with Gasteiger partial charge in [-0.2, -0.15) is 0 Å². The number of aryl methyl sites for hydroxylation is 2. The molecule has 0 unspecified atom stereocenters. The number of oxazole rings is 1. The third-order valence-corrected chi connectivity index (χ3v) is 8.52. The second kappa shape index (κ2) is 10.8. The molecule has 9 nitrogen and oxygen atoms in total. The first kappa shape index (κ1) is 30.4. The molecule has 3 heterocycles. The molecule has 0 spiro atoms. The Hall–Kier alpha value is -4.62. The van der Waals surface area contributed by atoms with Crippen molar-refractivity contribution in [3.05, 3.63) is 83.5 Å². The number of fused-ring (bicyclic) bond motifs is 1. The smallest absolute Gasteiger partial charge is 0.440 e. The minimum Gasteiger partial charge on any atom is -0.440 e. The first-order valence-electron chi connectivity index (χ1n) is 13.9. The fourth-order valence-corrected chi connectivity index (χ4v) is 6.24. The molecule has 0 radical (unpaired) electrons. The number of rotatable bonds is 7. The minimum absolute atomic E-state index is 0.129. The summed E-state index contributed by atoms with van der Waals surface area (Å²) < 4.78 is 85.2. The van der Waals surface area contributed by atoms with Crippen LogP contribution in [-0.2, 0) is 16.4 Å². The summed E-state index contributed by atoms with van der Waals surface area (Å²) in [5.74, 6) is -0.0355. The topological polar surface area (TPSA) is 117 Å². The van der Waals surface area contributed by atoms with Crippen LogP contribution in [0.2, 0.25) is 0 Å². The monoisotopic (exact) mass is 639 g/mol. The summed E-state index contributed by atoms with van der Waals surface area (Å²) in [6.07, 6.45) is -1.03. The van der Waals surface area contributed by atoms with E-state index in [1.165, 1.54) is 18.2 Å².